The van der Waals surface area contributed by atoms with E-state index in [-0.39, 0.29) is 0 Å². The Morgan fingerprint density at radius 2 is 1.90 bits per heavy atom. The van der Waals surface area contributed by atoms with Gasteiger partial charge < -0.3 is 13.9 Å². The topological polar surface area (TPSA) is 38.7 Å². The van der Waals surface area contributed by atoms with Crippen molar-refractivity contribution in [3.05, 3.63) is 59.7 Å². The van der Waals surface area contributed by atoms with Crippen LogP contribution in [0, 0.1) is 6.92 Å². The lowest BCUT2D eigenvalue weighted by Gasteiger charge is -2.26. The van der Waals surface area contributed by atoms with Gasteiger partial charge in [-0.25, -0.2) is 0 Å². The third kappa shape index (κ3) is 3.19. The first-order chi connectivity index (χ1) is 9.72. The van der Waals surface area contributed by atoms with Gasteiger partial charge in [0.05, 0.1) is 20.7 Å². The fourth-order valence-corrected chi connectivity index (χ4v) is 5.28. The Kier molecular flexibility index (Phi) is 4.33. The van der Waals surface area contributed by atoms with Crippen LogP contribution in [0.3, 0.4) is 0 Å². The van der Waals surface area contributed by atoms with Crippen molar-refractivity contribution in [3.8, 4) is 5.75 Å². The Morgan fingerprint density at radius 1 is 1.15 bits per heavy atom. The average molecular weight is 306 g/mol. The van der Waals surface area contributed by atoms with Crippen molar-refractivity contribution < 1.29 is 13.9 Å². The molecule has 2 atom stereocenters. The summed E-state index contributed by atoms with van der Waals surface area (Å²) in [7, 11) is -2.27. The van der Waals surface area contributed by atoms with Crippen LogP contribution in [0.25, 0.3) is 0 Å². The first-order valence-electron chi connectivity index (χ1n) is 6.42. The molecule has 2 aromatic rings. The first kappa shape index (κ1) is 14.0. The van der Waals surface area contributed by atoms with Crippen LogP contribution in [0.5, 0.6) is 5.75 Å². The van der Waals surface area contributed by atoms with Crippen molar-refractivity contribution >= 4 is 21.8 Å². The van der Waals surface area contributed by atoms with E-state index in [4.69, 9.17) is 9.05 Å². The summed E-state index contributed by atoms with van der Waals surface area (Å²) in [4.78, 5) is 10.3. The number of hydrogen-bond acceptors (Lipinski definition) is 3. The van der Waals surface area contributed by atoms with Crippen LogP contribution >= 0.6 is 16.5 Å². The van der Waals surface area contributed by atoms with Crippen LogP contribution in [0.4, 0.5) is 0 Å². The molecule has 0 fully saturated rings. The number of benzene rings is 2. The van der Waals surface area contributed by atoms with E-state index in [1.165, 1.54) is 5.56 Å². The zero-order valence-corrected chi connectivity index (χ0v) is 13.0. The first-order valence-corrected chi connectivity index (χ1v) is 9.26. The highest BCUT2D eigenvalue weighted by Crippen LogP contribution is 2.53. The van der Waals surface area contributed by atoms with E-state index in [0.717, 1.165) is 16.6 Å². The molecule has 1 aliphatic rings. The molecule has 3 rings (SSSR count). The highest BCUT2D eigenvalue weighted by molar-refractivity contribution is 7.72. The largest absolute Gasteiger partial charge is 0.446 e. The van der Waals surface area contributed by atoms with Crippen LogP contribution in [0.15, 0.2) is 48.5 Å². The highest BCUT2D eigenvalue weighted by Gasteiger charge is 2.24. The Morgan fingerprint density at radius 3 is 2.70 bits per heavy atom. The quantitative estimate of drug-likeness (QED) is 0.874. The second-order valence-corrected chi connectivity index (χ2v) is 8.23. The molecule has 0 saturated heterocycles. The summed E-state index contributed by atoms with van der Waals surface area (Å²) in [6.45, 7) is 2.61. The molecule has 0 saturated carbocycles. The van der Waals surface area contributed by atoms with Crippen molar-refractivity contribution in [2.45, 2.75) is 13.5 Å². The predicted octanol–water partition coefficient (Wildman–Crippen LogP) is 3.89. The van der Waals surface area contributed by atoms with Crippen LogP contribution in [0.2, 0.25) is 0 Å². The van der Waals surface area contributed by atoms with Gasteiger partial charge in [-0.05, 0) is 13.0 Å². The van der Waals surface area contributed by atoms with Crippen molar-refractivity contribution in [2.75, 3.05) is 5.90 Å². The van der Waals surface area contributed by atoms with E-state index >= 15 is 0 Å². The molecule has 0 aliphatic carbocycles. The summed E-state index contributed by atoms with van der Waals surface area (Å²) in [6.07, 6.45) is 0. The molecule has 0 spiro atoms. The Balaban J connectivity index is 1.66. The molecule has 2 aromatic carbocycles. The standard InChI is InChI=1S/C15H16O3P2/c1-12-6-8-14(9-7-12)19(16)11-20-17-10-13-4-2-3-5-15(13)18-20/h2-9,16H,10-11H2,1H3. The van der Waals surface area contributed by atoms with Crippen molar-refractivity contribution in [1.29, 1.82) is 0 Å². The summed E-state index contributed by atoms with van der Waals surface area (Å²) in [5, 5.41) is 0.971. The van der Waals surface area contributed by atoms with Gasteiger partial charge in [0.15, 0.2) is 0 Å². The van der Waals surface area contributed by atoms with E-state index in [1.807, 2.05) is 55.5 Å². The van der Waals surface area contributed by atoms with Crippen LogP contribution < -0.4 is 9.83 Å². The Labute approximate surface area is 121 Å². The molecule has 0 amide bonds. The molecule has 3 nitrogen and oxygen atoms in total. The molecule has 0 radical (unpaired) electrons. The fraction of sp³-hybridized carbons (Fsp3) is 0.200. The molecule has 20 heavy (non-hydrogen) atoms. The van der Waals surface area contributed by atoms with Gasteiger partial charge >= 0.3 is 0 Å². The number of hydrogen-bond donors (Lipinski definition) is 1. The monoisotopic (exact) mass is 306 g/mol. The van der Waals surface area contributed by atoms with Crippen LogP contribution in [-0.2, 0) is 11.1 Å². The lowest BCUT2D eigenvalue weighted by molar-refractivity contribution is 0.280. The van der Waals surface area contributed by atoms with Gasteiger partial charge in [-0.15, -0.1) is 0 Å². The molecule has 5 heteroatoms. The summed E-state index contributed by atoms with van der Waals surface area (Å²) in [5.74, 6) is 1.44. The van der Waals surface area contributed by atoms with Gasteiger partial charge in [-0.2, -0.15) is 0 Å². The van der Waals surface area contributed by atoms with Crippen molar-refractivity contribution in [1.82, 2.24) is 0 Å². The minimum absolute atomic E-state index is 0.558. The van der Waals surface area contributed by atoms with Gasteiger partial charge in [-0.3, -0.25) is 0 Å². The van der Waals surface area contributed by atoms with E-state index in [9.17, 15) is 4.89 Å². The van der Waals surface area contributed by atoms with Gasteiger partial charge in [0.2, 0.25) is 8.38 Å². The zero-order chi connectivity index (χ0) is 13.9. The third-order valence-electron chi connectivity index (χ3n) is 3.12. The maximum Gasteiger partial charge on any atom is 0.237 e. The summed E-state index contributed by atoms with van der Waals surface area (Å²) >= 11 is 0. The van der Waals surface area contributed by atoms with E-state index in [2.05, 4.69) is 0 Å². The van der Waals surface area contributed by atoms with E-state index < -0.39 is 16.5 Å². The molecular weight excluding hydrogens is 290 g/mol. The lowest BCUT2D eigenvalue weighted by atomic mass is 10.2. The third-order valence-corrected chi connectivity index (χ3v) is 6.83. The summed E-state index contributed by atoms with van der Waals surface area (Å²) in [5.41, 5.74) is 2.27. The molecule has 0 bridgehead atoms. The van der Waals surface area contributed by atoms with Gasteiger partial charge in [0.1, 0.15) is 5.75 Å². The number of aryl methyl sites for hydroxylation is 1. The molecule has 0 aromatic heterocycles. The van der Waals surface area contributed by atoms with Gasteiger partial charge in [0.25, 0.3) is 0 Å². The van der Waals surface area contributed by atoms with Gasteiger partial charge in [0, 0.05) is 10.9 Å². The maximum atomic E-state index is 10.3. The summed E-state index contributed by atoms with van der Waals surface area (Å²) in [6, 6.07) is 15.9. The smallest absolute Gasteiger partial charge is 0.237 e. The zero-order valence-electron chi connectivity index (χ0n) is 11.2. The van der Waals surface area contributed by atoms with Crippen LogP contribution in [-0.4, -0.2) is 10.8 Å². The second-order valence-electron chi connectivity index (χ2n) is 4.68. The fourth-order valence-electron chi connectivity index (χ4n) is 1.97. The highest BCUT2D eigenvalue weighted by atomic mass is 31.2. The molecule has 1 aliphatic heterocycles. The van der Waals surface area contributed by atoms with Crippen molar-refractivity contribution in [2.24, 2.45) is 0 Å². The van der Waals surface area contributed by atoms with Gasteiger partial charge in [-0.1, -0.05) is 48.0 Å². The maximum absolute atomic E-state index is 10.3. The molecule has 1 N–H and O–H groups in total. The molecule has 104 valence electrons. The minimum atomic E-state index is -1.22. The summed E-state index contributed by atoms with van der Waals surface area (Å²) < 4.78 is 11.6. The van der Waals surface area contributed by atoms with E-state index in [1.54, 1.807) is 0 Å². The SMILES string of the molecule is Cc1ccc(P(O)CP2OCc3ccccc3O2)cc1. The lowest BCUT2D eigenvalue weighted by Crippen LogP contribution is -2.08. The predicted molar refractivity (Wildman–Crippen MR) is 83.6 cm³/mol. The molecule has 2 unspecified atom stereocenters. The average Bonchev–Trinajstić information content (AvgIpc) is 2.48. The normalized spacial score (nSPS) is 19.0. The Bertz CT molecular complexity index is 586. The van der Waals surface area contributed by atoms with Crippen LogP contribution in [0.1, 0.15) is 11.1 Å². The number of rotatable bonds is 3. The van der Waals surface area contributed by atoms with E-state index in [0.29, 0.717) is 12.5 Å². The number of para-hydroxylation sites is 1. The Hall–Kier alpha value is -0.980. The molecule has 1 heterocycles. The second kappa shape index (κ2) is 6.20. The number of fused-ring (bicyclic) bond motifs is 1. The minimum Gasteiger partial charge on any atom is -0.446 e. The van der Waals surface area contributed by atoms with Crippen molar-refractivity contribution in [3.63, 3.8) is 0 Å². The molecular formula is C15H16O3P2.